The maximum Gasteiger partial charge on any atom is 0.302 e. The lowest BCUT2D eigenvalue weighted by Crippen LogP contribution is -2.39. The lowest BCUT2D eigenvalue weighted by Gasteiger charge is -2.33. The number of aliphatic hydroxyl groups excluding tert-OH is 2. The van der Waals surface area contributed by atoms with E-state index in [0.717, 1.165) is 25.7 Å². The first kappa shape index (κ1) is 22.7. The smallest absolute Gasteiger partial charge is 0.302 e. The number of carbonyl (C=O) groups excluding carboxylic acids is 1. The normalized spacial score (nSPS) is 29.6. The van der Waals surface area contributed by atoms with Crippen LogP contribution in [0.2, 0.25) is 0 Å². The van der Waals surface area contributed by atoms with E-state index in [2.05, 4.69) is 39.8 Å². The van der Waals surface area contributed by atoms with Crippen LogP contribution in [-0.4, -0.2) is 35.0 Å². The number of aliphatic hydroxyl groups is 2. The highest BCUT2D eigenvalue weighted by Gasteiger charge is 2.32. The first-order chi connectivity index (χ1) is 12.2. The summed E-state index contributed by atoms with van der Waals surface area (Å²) < 4.78 is 5.08. The van der Waals surface area contributed by atoms with Gasteiger partial charge in [0.15, 0.2) is 0 Å². The second-order valence-electron chi connectivity index (χ2n) is 7.82. The molecular formula is C22H36O4. The van der Waals surface area contributed by atoms with Crippen LogP contribution in [0.25, 0.3) is 0 Å². The third kappa shape index (κ3) is 7.88. The van der Waals surface area contributed by atoms with Crippen molar-refractivity contribution < 1.29 is 19.7 Å². The van der Waals surface area contributed by atoms with Gasteiger partial charge in [-0.2, -0.15) is 0 Å². The van der Waals surface area contributed by atoms with Gasteiger partial charge < -0.3 is 14.9 Å². The standard InChI is InChI=1S/C22H36O4/c1-15(2)8-6-10-17(4)20-13-12-16(3)9-7-11-19(14-26-18(5)23)21(24)22(20)25/h8-9,11,17,20-22,24-25H,6-7,10,12-14H2,1-5H3/b16-9+,19-11-/t17-,20+,21+,22-/m1/s1. The van der Waals surface area contributed by atoms with Crippen molar-refractivity contribution in [3.05, 3.63) is 34.9 Å². The Morgan fingerprint density at radius 1 is 1.31 bits per heavy atom. The first-order valence-corrected chi connectivity index (χ1v) is 9.69. The Bertz CT molecular complexity index is 540. The van der Waals surface area contributed by atoms with Gasteiger partial charge in [0, 0.05) is 6.92 Å². The Labute approximate surface area is 158 Å². The molecule has 26 heavy (non-hydrogen) atoms. The molecule has 0 aromatic heterocycles. The van der Waals surface area contributed by atoms with Crippen LogP contribution in [0.4, 0.5) is 0 Å². The van der Waals surface area contributed by atoms with Gasteiger partial charge in [0.1, 0.15) is 12.7 Å². The fourth-order valence-electron chi connectivity index (χ4n) is 3.45. The Kier molecular flexibility index (Phi) is 9.89. The maximum absolute atomic E-state index is 11.1. The largest absolute Gasteiger partial charge is 0.461 e. The lowest BCUT2D eigenvalue weighted by atomic mass is 9.78. The van der Waals surface area contributed by atoms with E-state index in [9.17, 15) is 15.0 Å². The number of hydrogen-bond donors (Lipinski definition) is 2. The molecule has 4 heteroatoms. The minimum atomic E-state index is -1.00. The van der Waals surface area contributed by atoms with E-state index in [-0.39, 0.29) is 24.4 Å². The van der Waals surface area contributed by atoms with Crippen molar-refractivity contribution in [3.63, 3.8) is 0 Å². The molecule has 0 amide bonds. The average Bonchev–Trinajstić information content (AvgIpc) is 2.56. The zero-order valence-corrected chi connectivity index (χ0v) is 17.0. The monoisotopic (exact) mass is 364 g/mol. The van der Waals surface area contributed by atoms with Crippen LogP contribution in [0, 0.1) is 11.8 Å². The number of ether oxygens (including phenoxy) is 1. The molecule has 0 spiro atoms. The third-order valence-electron chi connectivity index (χ3n) is 5.21. The Morgan fingerprint density at radius 3 is 2.62 bits per heavy atom. The molecule has 0 aromatic rings. The molecule has 0 radical (unpaired) electrons. The number of carbonyl (C=O) groups is 1. The summed E-state index contributed by atoms with van der Waals surface area (Å²) in [6.45, 7) is 9.82. The van der Waals surface area contributed by atoms with Crippen LogP contribution in [0.3, 0.4) is 0 Å². The zero-order chi connectivity index (χ0) is 19.7. The van der Waals surface area contributed by atoms with Crippen LogP contribution in [-0.2, 0) is 9.53 Å². The van der Waals surface area contributed by atoms with Crippen LogP contribution >= 0.6 is 0 Å². The summed E-state index contributed by atoms with van der Waals surface area (Å²) in [4.78, 5) is 11.1. The quantitative estimate of drug-likeness (QED) is 0.544. The van der Waals surface area contributed by atoms with Crippen LogP contribution in [0.5, 0.6) is 0 Å². The molecule has 0 aromatic carbocycles. The summed E-state index contributed by atoms with van der Waals surface area (Å²) in [6.07, 6.45) is 8.77. The molecule has 1 aliphatic rings. The van der Waals surface area contributed by atoms with E-state index in [4.69, 9.17) is 4.74 Å². The SMILES string of the molecule is CC(=O)OC/C1=C/C/C=C(\C)CC[C@@H]([C@H](C)CCC=C(C)C)[C@@H](O)[C@H]1O. The highest BCUT2D eigenvalue weighted by atomic mass is 16.5. The summed E-state index contributed by atoms with van der Waals surface area (Å²) in [5, 5.41) is 21.6. The third-order valence-corrected chi connectivity index (χ3v) is 5.21. The second kappa shape index (κ2) is 11.3. The first-order valence-electron chi connectivity index (χ1n) is 9.69. The molecule has 148 valence electrons. The van der Waals surface area contributed by atoms with Gasteiger partial charge in [-0.1, -0.05) is 36.3 Å². The van der Waals surface area contributed by atoms with Gasteiger partial charge >= 0.3 is 5.97 Å². The molecule has 0 unspecified atom stereocenters. The van der Waals surface area contributed by atoms with E-state index in [1.165, 1.54) is 18.1 Å². The molecule has 4 nitrogen and oxygen atoms in total. The summed E-state index contributed by atoms with van der Waals surface area (Å²) in [5.74, 6) is -0.0989. The van der Waals surface area contributed by atoms with Gasteiger partial charge in [0.25, 0.3) is 0 Å². The molecule has 0 saturated carbocycles. The second-order valence-corrected chi connectivity index (χ2v) is 7.82. The van der Waals surface area contributed by atoms with Gasteiger partial charge in [-0.05, 0) is 70.3 Å². The van der Waals surface area contributed by atoms with Crippen molar-refractivity contribution >= 4 is 5.97 Å². The van der Waals surface area contributed by atoms with E-state index >= 15 is 0 Å². The zero-order valence-electron chi connectivity index (χ0n) is 17.0. The Balaban J connectivity index is 2.95. The molecule has 4 atom stereocenters. The summed E-state index contributed by atoms with van der Waals surface area (Å²) in [5.41, 5.74) is 3.17. The number of allylic oxidation sites excluding steroid dienone is 5. The minimum Gasteiger partial charge on any atom is -0.461 e. The van der Waals surface area contributed by atoms with Crippen LogP contribution in [0.1, 0.15) is 66.7 Å². The van der Waals surface area contributed by atoms with Gasteiger partial charge in [-0.15, -0.1) is 0 Å². The van der Waals surface area contributed by atoms with Crippen molar-refractivity contribution in [1.29, 1.82) is 0 Å². The highest BCUT2D eigenvalue weighted by molar-refractivity contribution is 5.66. The van der Waals surface area contributed by atoms with Crippen molar-refractivity contribution in [1.82, 2.24) is 0 Å². The van der Waals surface area contributed by atoms with Gasteiger partial charge in [-0.25, -0.2) is 0 Å². The molecule has 2 N–H and O–H groups in total. The minimum absolute atomic E-state index is 0.00209. The van der Waals surface area contributed by atoms with Gasteiger partial charge in [-0.3, -0.25) is 4.79 Å². The lowest BCUT2D eigenvalue weighted by molar-refractivity contribution is -0.140. The molecule has 0 fully saturated rings. The van der Waals surface area contributed by atoms with Crippen LogP contribution in [0.15, 0.2) is 34.9 Å². The van der Waals surface area contributed by atoms with Crippen molar-refractivity contribution in [3.8, 4) is 0 Å². The number of esters is 1. The summed E-state index contributed by atoms with van der Waals surface area (Å²) in [7, 11) is 0. The van der Waals surface area contributed by atoms with Gasteiger partial charge in [0.2, 0.25) is 0 Å². The molecule has 1 rings (SSSR count). The maximum atomic E-state index is 11.1. The molecule has 0 saturated heterocycles. The Morgan fingerprint density at radius 2 is 2.00 bits per heavy atom. The predicted octanol–water partition coefficient (Wildman–Crippen LogP) is 4.33. The van der Waals surface area contributed by atoms with E-state index in [1.807, 2.05) is 6.08 Å². The molecule has 0 bridgehead atoms. The molecule has 0 aliphatic heterocycles. The molecule has 1 aliphatic carbocycles. The van der Waals surface area contributed by atoms with Crippen molar-refractivity contribution in [2.24, 2.45) is 11.8 Å². The fraction of sp³-hybridized carbons (Fsp3) is 0.682. The van der Waals surface area contributed by atoms with Crippen molar-refractivity contribution in [2.75, 3.05) is 6.61 Å². The topological polar surface area (TPSA) is 66.8 Å². The van der Waals surface area contributed by atoms with E-state index < -0.39 is 12.2 Å². The van der Waals surface area contributed by atoms with Crippen molar-refractivity contribution in [2.45, 2.75) is 78.9 Å². The van der Waals surface area contributed by atoms with Crippen LogP contribution < -0.4 is 0 Å². The summed E-state index contributed by atoms with van der Waals surface area (Å²) in [6, 6.07) is 0. The van der Waals surface area contributed by atoms with Gasteiger partial charge in [0.05, 0.1) is 6.10 Å². The molecular weight excluding hydrogens is 328 g/mol. The number of hydrogen-bond acceptors (Lipinski definition) is 4. The summed E-state index contributed by atoms with van der Waals surface area (Å²) >= 11 is 0. The fourth-order valence-corrected chi connectivity index (χ4v) is 3.45. The Hall–Kier alpha value is -1.39. The van der Waals surface area contributed by atoms with E-state index in [1.54, 1.807) is 0 Å². The predicted molar refractivity (Wildman–Crippen MR) is 106 cm³/mol. The number of rotatable bonds is 6. The highest BCUT2D eigenvalue weighted by Crippen LogP contribution is 2.31. The molecule has 0 heterocycles. The average molecular weight is 365 g/mol. The van der Waals surface area contributed by atoms with E-state index in [0.29, 0.717) is 12.0 Å².